The molecule has 0 saturated carbocycles. The van der Waals surface area contributed by atoms with Gasteiger partial charge in [-0.1, -0.05) is 12.2 Å². The van der Waals surface area contributed by atoms with E-state index >= 15 is 0 Å². The first-order valence-electron chi connectivity index (χ1n) is 4.80. The molecule has 0 aromatic rings. The molecule has 1 aliphatic carbocycles. The van der Waals surface area contributed by atoms with Crippen LogP contribution in [-0.4, -0.2) is 28.5 Å². The van der Waals surface area contributed by atoms with Crippen LogP contribution in [0.5, 0.6) is 0 Å². The smallest absolute Gasteiger partial charge is 0.241 e. The molecule has 2 atom stereocenters. The summed E-state index contributed by atoms with van der Waals surface area (Å²) in [6, 6.07) is 0. The molecule has 1 heterocycles. The standard InChI is InChI=1S/C10H10ClNO3/c11-8(13)5-12-9(14)6-3-1-2-4-7(6)10(12)15/h1-2,6-7H,3-5H2. The van der Waals surface area contributed by atoms with Crippen molar-refractivity contribution in [1.29, 1.82) is 0 Å². The van der Waals surface area contributed by atoms with E-state index in [2.05, 4.69) is 0 Å². The van der Waals surface area contributed by atoms with E-state index in [1.54, 1.807) is 0 Å². The van der Waals surface area contributed by atoms with Crippen molar-refractivity contribution in [2.24, 2.45) is 11.8 Å². The third kappa shape index (κ3) is 1.69. The normalized spacial score (nSPS) is 29.5. The summed E-state index contributed by atoms with van der Waals surface area (Å²) < 4.78 is 0. The molecule has 0 N–H and O–H groups in total. The van der Waals surface area contributed by atoms with Crippen molar-refractivity contribution < 1.29 is 14.4 Å². The lowest BCUT2D eigenvalue weighted by molar-refractivity contribution is -0.141. The second-order valence-electron chi connectivity index (χ2n) is 3.77. The van der Waals surface area contributed by atoms with Crippen LogP contribution >= 0.6 is 11.6 Å². The van der Waals surface area contributed by atoms with Crippen molar-refractivity contribution in [3.8, 4) is 0 Å². The molecular weight excluding hydrogens is 218 g/mol. The number of carbonyl (C=O) groups excluding carboxylic acids is 3. The Morgan fingerprint density at radius 2 is 1.73 bits per heavy atom. The maximum Gasteiger partial charge on any atom is 0.241 e. The van der Waals surface area contributed by atoms with Crippen molar-refractivity contribution >= 4 is 28.7 Å². The Morgan fingerprint density at radius 3 is 2.13 bits per heavy atom. The predicted molar refractivity (Wildman–Crippen MR) is 52.9 cm³/mol. The first-order valence-corrected chi connectivity index (χ1v) is 5.17. The second-order valence-corrected chi connectivity index (χ2v) is 4.20. The van der Waals surface area contributed by atoms with E-state index in [0.29, 0.717) is 12.8 Å². The van der Waals surface area contributed by atoms with Gasteiger partial charge in [-0.05, 0) is 24.4 Å². The minimum Gasteiger partial charge on any atom is -0.279 e. The number of halogens is 1. The minimum absolute atomic E-state index is 0.261. The lowest BCUT2D eigenvalue weighted by Gasteiger charge is -2.14. The van der Waals surface area contributed by atoms with Crippen LogP contribution in [0.3, 0.4) is 0 Å². The number of hydrogen-bond acceptors (Lipinski definition) is 3. The summed E-state index contributed by atoms with van der Waals surface area (Å²) in [5, 5.41) is -0.677. The Morgan fingerprint density at radius 1 is 1.27 bits per heavy atom. The lowest BCUT2D eigenvalue weighted by atomic mass is 9.85. The fourth-order valence-corrected chi connectivity index (χ4v) is 2.27. The highest BCUT2D eigenvalue weighted by Crippen LogP contribution is 2.34. The van der Waals surface area contributed by atoms with Gasteiger partial charge < -0.3 is 0 Å². The van der Waals surface area contributed by atoms with E-state index in [1.807, 2.05) is 12.2 Å². The molecule has 15 heavy (non-hydrogen) atoms. The van der Waals surface area contributed by atoms with Gasteiger partial charge in [0.05, 0.1) is 11.8 Å². The van der Waals surface area contributed by atoms with E-state index in [1.165, 1.54) is 0 Å². The number of allylic oxidation sites excluding steroid dienone is 2. The number of imide groups is 1. The SMILES string of the molecule is O=C(Cl)CN1C(=O)C2CC=CCC2C1=O. The number of fused-ring (bicyclic) bond motifs is 1. The second kappa shape index (κ2) is 3.77. The molecule has 5 heteroatoms. The Labute approximate surface area is 91.9 Å². The number of likely N-dealkylation sites (tertiary alicyclic amines) is 1. The third-order valence-corrected chi connectivity index (χ3v) is 3.00. The highest BCUT2D eigenvalue weighted by atomic mass is 35.5. The molecule has 0 radical (unpaired) electrons. The molecule has 1 fully saturated rings. The zero-order valence-corrected chi connectivity index (χ0v) is 8.74. The fraction of sp³-hybridized carbons (Fsp3) is 0.500. The van der Waals surface area contributed by atoms with E-state index in [0.717, 1.165) is 4.90 Å². The molecule has 2 amide bonds. The Hall–Kier alpha value is -1.16. The number of rotatable bonds is 2. The van der Waals surface area contributed by atoms with Crippen LogP contribution in [0.1, 0.15) is 12.8 Å². The first kappa shape index (κ1) is 10.4. The highest BCUT2D eigenvalue weighted by Gasteiger charge is 2.47. The van der Waals surface area contributed by atoms with Gasteiger partial charge in [-0.15, -0.1) is 0 Å². The van der Waals surface area contributed by atoms with Gasteiger partial charge in [0.25, 0.3) is 0 Å². The van der Waals surface area contributed by atoms with Crippen LogP contribution < -0.4 is 0 Å². The topological polar surface area (TPSA) is 54.5 Å². The molecule has 1 aliphatic heterocycles. The molecule has 0 aromatic carbocycles. The molecule has 2 aliphatic rings. The summed E-state index contributed by atoms with van der Waals surface area (Å²) in [6.07, 6.45) is 4.97. The minimum atomic E-state index is -0.677. The van der Waals surface area contributed by atoms with Gasteiger partial charge in [0.1, 0.15) is 6.54 Å². The van der Waals surface area contributed by atoms with Crippen molar-refractivity contribution in [1.82, 2.24) is 4.90 Å². The number of hydrogen-bond donors (Lipinski definition) is 0. The largest absolute Gasteiger partial charge is 0.279 e. The molecule has 4 nitrogen and oxygen atoms in total. The summed E-state index contributed by atoms with van der Waals surface area (Å²) in [5.41, 5.74) is 0. The van der Waals surface area contributed by atoms with Gasteiger partial charge in [0, 0.05) is 0 Å². The van der Waals surface area contributed by atoms with Gasteiger partial charge in [-0.2, -0.15) is 0 Å². The lowest BCUT2D eigenvalue weighted by Crippen LogP contribution is -2.34. The van der Waals surface area contributed by atoms with Gasteiger partial charge in [0.2, 0.25) is 17.1 Å². The van der Waals surface area contributed by atoms with Gasteiger partial charge >= 0.3 is 0 Å². The van der Waals surface area contributed by atoms with Crippen molar-refractivity contribution in [3.05, 3.63) is 12.2 Å². The van der Waals surface area contributed by atoms with Crippen LogP contribution in [0.2, 0.25) is 0 Å². The number of carbonyl (C=O) groups is 3. The van der Waals surface area contributed by atoms with Crippen LogP contribution in [0, 0.1) is 11.8 Å². The monoisotopic (exact) mass is 227 g/mol. The molecular formula is C10H10ClNO3. The fourth-order valence-electron chi connectivity index (χ4n) is 2.15. The molecule has 2 rings (SSSR count). The molecule has 0 bridgehead atoms. The number of nitrogens with zero attached hydrogens (tertiary/aromatic N) is 1. The maximum absolute atomic E-state index is 11.7. The Balaban J connectivity index is 2.20. The zero-order chi connectivity index (χ0) is 11.0. The molecule has 1 saturated heterocycles. The quantitative estimate of drug-likeness (QED) is 0.397. The van der Waals surface area contributed by atoms with Gasteiger partial charge in [0.15, 0.2) is 0 Å². The zero-order valence-electron chi connectivity index (χ0n) is 7.98. The maximum atomic E-state index is 11.7. The average Bonchev–Trinajstić information content (AvgIpc) is 2.44. The van der Waals surface area contributed by atoms with E-state index in [9.17, 15) is 14.4 Å². The Bertz CT molecular complexity index is 338. The van der Waals surface area contributed by atoms with Gasteiger partial charge in [-0.25, -0.2) is 0 Å². The van der Waals surface area contributed by atoms with Crippen molar-refractivity contribution in [3.63, 3.8) is 0 Å². The summed E-state index contributed by atoms with van der Waals surface area (Å²) in [5.74, 6) is -1.08. The third-order valence-electron chi connectivity index (χ3n) is 2.88. The molecule has 80 valence electrons. The van der Waals surface area contributed by atoms with Crippen LogP contribution in [-0.2, 0) is 14.4 Å². The van der Waals surface area contributed by atoms with Gasteiger partial charge in [-0.3, -0.25) is 19.3 Å². The van der Waals surface area contributed by atoms with Crippen LogP contribution in [0.25, 0.3) is 0 Å². The molecule has 0 aromatic heterocycles. The average molecular weight is 228 g/mol. The summed E-state index contributed by atoms with van der Waals surface area (Å²) in [7, 11) is 0. The van der Waals surface area contributed by atoms with Crippen LogP contribution in [0.4, 0.5) is 0 Å². The van der Waals surface area contributed by atoms with E-state index < -0.39 is 5.24 Å². The molecule has 0 spiro atoms. The summed E-state index contributed by atoms with van der Waals surface area (Å²) in [6.45, 7) is -0.299. The Kier molecular flexibility index (Phi) is 2.61. The van der Waals surface area contributed by atoms with Crippen LogP contribution in [0.15, 0.2) is 12.2 Å². The predicted octanol–water partition coefficient (Wildman–Crippen LogP) is 0.703. The first-order chi connectivity index (χ1) is 7.11. The van der Waals surface area contributed by atoms with Crippen molar-refractivity contribution in [2.45, 2.75) is 12.8 Å². The summed E-state index contributed by atoms with van der Waals surface area (Å²) in [4.78, 5) is 35.2. The molecule has 2 unspecified atom stereocenters. The van der Waals surface area contributed by atoms with E-state index in [4.69, 9.17) is 11.6 Å². The summed E-state index contributed by atoms with van der Waals surface area (Å²) >= 11 is 5.19. The highest BCUT2D eigenvalue weighted by molar-refractivity contribution is 6.64. The van der Waals surface area contributed by atoms with Crippen molar-refractivity contribution in [2.75, 3.05) is 6.54 Å². The number of amides is 2. The van der Waals surface area contributed by atoms with E-state index in [-0.39, 0.29) is 30.2 Å².